The summed E-state index contributed by atoms with van der Waals surface area (Å²) < 4.78 is 0.570. The van der Waals surface area contributed by atoms with Gasteiger partial charge in [0.15, 0.2) is 0 Å². The number of rotatable bonds is 3. The number of hydrogen-bond donors (Lipinski definition) is 2. The lowest BCUT2D eigenvalue weighted by atomic mass is 10.1. The molecule has 110 valence electrons. The molecular weight excluding hydrogens is 328 g/mol. The number of fused-ring (bicyclic) bond motifs is 1. The number of carbonyl (C=O) groups is 2. The Morgan fingerprint density at radius 3 is 2.67 bits per heavy atom. The molecule has 2 aromatic rings. The van der Waals surface area contributed by atoms with Gasteiger partial charge in [0.1, 0.15) is 5.00 Å². The van der Waals surface area contributed by atoms with Crippen LogP contribution in [0.2, 0.25) is 4.34 Å². The molecule has 1 aliphatic rings. The first-order chi connectivity index (χ1) is 10.1. The molecule has 0 spiro atoms. The van der Waals surface area contributed by atoms with Gasteiger partial charge in [0, 0.05) is 11.9 Å². The third-order valence-corrected chi connectivity index (χ3v) is 5.84. The number of thiophene rings is 2. The molecule has 2 amide bonds. The molecule has 2 N–H and O–H groups in total. The number of halogens is 1. The van der Waals surface area contributed by atoms with E-state index in [1.165, 1.54) is 27.6 Å². The van der Waals surface area contributed by atoms with Gasteiger partial charge in [-0.15, -0.1) is 22.7 Å². The number of hydrogen-bond acceptors (Lipinski definition) is 4. The lowest BCUT2D eigenvalue weighted by Gasteiger charge is -2.06. The average molecular weight is 341 g/mol. The van der Waals surface area contributed by atoms with Gasteiger partial charge in [-0.2, -0.15) is 0 Å². The van der Waals surface area contributed by atoms with E-state index in [1.54, 1.807) is 19.2 Å². The fourth-order valence-corrected chi connectivity index (χ4v) is 4.68. The Kier molecular flexibility index (Phi) is 4.01. The molecule has 0 bridgehead atoms. The van der Waals surface area contributed by atoms with Crippen molar-refractivity contribution in [2.24, 2.45) is 0 Å². The topological polar surface area (TPSA) is 58.2 Å². The minimum atomic E-state index is -0.225. The molecule has 0 atom stereocenters. The van der Waals surface area contributed by atoms with Gasteiger partial charge in [-0.1, -0.05) is 11.6 Å². The number of carbonyl (C=O) groups excluding carboxylic acids is 2. The van der Waals surface area contributed by atoms with Gasteiger partial charge >= 0.3 is 0 Å². The molecule has 0 aromatic carbocycles. The van der Waals surface area contributed by atoms with Gasteiger partial charge in [-0.3, -0.25) is 9.59 Å². The molecule has 0 aliphatic heterocycles. The van der Waals surface area contributed by atoms with Crippen LogP contribution in [0.4, 0.5) is 5.00 Å². The van der Waals surface area contributed by atoms with Crippen molar-refractivity contribution in [3.05, 3.63) is 37.4 Å². The van der Waals surface area contributed by atoms with Crippen LogP contribution < -0.4 is 10.6 Å². The molecule has 7 heteroatoms. The molecule has 2 heterocycles. The highest BCUT2D eigenvalue weighted by Gasteiger charge is 2.27. The average Bonchev–Trinajstić information content (AvgIpc) is 3.13. The Hall–Kier alpha value is -1.37. The maximum absolute atomic E-state index is 12.2. The second-order valence-electron chi connectivity index (χ2n) is 4.70. The van der Waals surface area contributed by atoms with E-state index in [4.69, 9.17) is 11.6 Å². The van der Waals surface area contributed by atoms with E-state index >= 15 is 0 Å². The van der Waals surface area contributed by atoms with Crippen LogP contribution in [0.5, 0.6) is 0 Å². The SMILES string of the molecule is CNC(=O)c1c(NC(=O)c2ccc(Cl)s2)sc2c1CCC2. The summed E-state index contributed by atoms with van der Waals surface area (Å²) in [6.07, 6.45) is 2.94. The minimum Gasteiger partial charge on any atom is -0.355 e. The Morgan fingerprint density at radius 1 is 1.19 bits per heavy atom. The van der Waals surface area contributed by atoms with Crippen LogP contribution in [0, 0.1) is 0 Å². The fourth-order valence-electron chi connectivity index (χ4n) is 2.46. The van der Waals surface area contributed by atoms with Crippen molar-refractivity contribution in [2.75, 3.05) is 12.4 Å². The van der Waals surface area contributed by atoms with Gasteiger partial charge in [-0.05, 0) is 37.0 Å². The van der Waals surface area contributed by atoms with Crippen molar-refractivity contribution < 1.29 is 9.59 Å². The highest BCUT2D eigenvalue weighted by molar-refractivity contribution is 7.18. The first-order valence-corrected chi connectivity index (χ1v) is 8.54. The van der Waals surface area contributed by atoms with Crippen LogP contribution in [0.25, 0.3) is 0 Å². The summed E-state index contributed by atoms with van der Waals surface area (Å²) in [4.78, 5) is 26.1. The molecule has 0 saturated heterocycles. The molecule has 1 aliphatic carbocycles. The number of nitrogens with one attached hydrogen (secondary N) is 2. The van der Waals surface area contributed by atoms with Crippen molar-refractivity contribution in [1.29, 1.82) is 0 Å². The predicted octanol–water partition coefficient (Wildman–Crippen LogP) is 3.56. The van der Waals surface area contributed by atoms with Crippen molar-refractivity contribution in [2.45, 2.75) is 19.3 Å². The largest absolute Gasteiger partial charge is 0.355 e. The molecule has 0 fully saturated rings. The summed E-state index contributed by atoms with van der Waals surface area (Å²) in [7, 11) is 1.60. The van der Waals surface area contributed by atoms with Gasteiger partial charge < -0.3 is 10.6 Å². The van der Waals surface area contributed by atoms with Gasteiger partial charge in [-0.25, -0.2) is 0 Å². The summed E-state index contributed by atoms with van der Waals surface area (Å²) in [6.45, 7) is 0. The summed E-state index contributed by atoms with van der Waals surface area (Å²) >= 11 is 8.57. The summed E-state index contributed by atoms with van der Waals surface area (Å²) in [5.74, 6) is -0.370. The number of amides is 2. The zero-order valence-electron chi connectivity index (χ0n) is 11.3. The van der Waals surface area contributed by atoms with Crippen molar-refractivity contribution in [3.63, 3.8) is 0 Å². The summed E-state index contributed by atoms with van der Waals surface area (Å²) in [5, 5.41) is 6.14. The first kappa shape index (κ1) is 14.6. The molecule has 21 heavy (non-hydrogen) atoms. The molecular formula is C14H13ClN2O2S2. The van der Waals surface area contributed by atoms with Crippen molar-refractivity contribution >= 4 is 51.1 Å². The van der Waals surface area contributed by atoms with Gasteiger partial charge in [0.2, 0.25) is 0 Å². The molecule has 4 nitrogen and oxygen atoms in total. The Balaban J connectivity index is 1.92. The van der Waals surface area contributed by atoms with Crippen molar-refractivity contribution in [3.8, 4) is 0 Å². The maximum atomic E-state index is 12.2. The molecule has 0 unspecified atom stereocenters. The summed E-state index contributed by atoms with van der Waals surface area (Å²) in [6, 6.07) is 3.37. The minimum absolute atomic E-state index is 0.145. The third kappa shape index (κ3) is 2.71. The second-order valence-corrected chi connectivity index (χ2v) is 7.52. The fraction of sp³-hybridized carbons (Fsp3) is 0.286. The monoisotopic (exact) mass is 340 g/mol. The normalized spacial score (nSPS) is 13.0. The van der Waals surface area contributed by atoms with Crippen molar-refractivity contribution in [1.82, 2.24) is 5.32 Å². The number of anilines is 1. The zero-order valence-corrected chi connectivity index (χ0v) is 13.7. The highest BCUT2D eigenvalue weighted by Crippen LogP contribution is 2.39. The Labute approximate surface area is 135 Å². The van der Waals surface area contributed by atoms with E-state index in [1.807, 2.05) is 0 Å². The second kappa shape index (κ2) is 5.79. The Bertz CT molecular complexity index is 721. The van der Waals surface area contributed by atoms with Gasteiger partial charge in [0.05, 0.1) is 14.8 Å². The maximum Gasteiger partial charge on any atom is 0.266 e. The summed E-state index contributed by atoms with van der Waals surface area (Å²) in [5.41, 5.74) is 1.70. The van der Waals surface area contributed by atoms with E-state index in [-0.39, 0.29) is 11.8 Å². The van der Waals surface area contributed by atoms with Crippen LogP contribution in [-0.4, -0.2) is 18.9 Å². The Morgan fingerprint density at radius 2 is 2.00 bits per heavy atom. The van der Waals surface area contributed by atoms with Crippen LogP contribution in [-0.2, 0) is 12.8 Å². The van der Waals surface area contributed by atoms with E-state index in [2.05, 4.69) is 10.6 Å². The standard InChI is InChI=1S/C14H13ClN2O2S2/c1-16-13(19)11-7-3-2-4-8(7)21-14(11)17-12(18)9-5-6-10(15)20-9/h5-6H,2-4H2,1H3,(H,16,19)(H,17,18). The molecule has 2 aromatic heterocycles. The molecule has 0 radical (unpaired) electrons. The van der Waals surface area contributed by atoms with Crippen LogP contribution in [0.3, 0.4) is 0 Å². The van der Waals surface area contributed by atoms with Crippen LogP contribution in [0.1, 0.15) is 36.9 Å². The van der Waals surface area contributed by atoms with Gasteiger partial charge in [0.25, 0.3) is 11.8 Å². The molecule has 0 saturated carbocycles. The van der Waals surface area contributed by atoms with E-state index in [0.717, 1.165) is 24.8 Å². The quantitative estimate of drug-likeness (QED) is 0.897. The van der Waals surface area contributed by atoms with E-state index < -0.39 is 0 Å². The number of aryl methyl sites for hydroxylation is 1. The smallest absolute Gasteiger partial charge is 0.266 e. The van der Waals surface area contributed by atoms with Crippen LogP contribution >= 0.6 is 34.3 Å². The first-order valence-electron chi connectivity index (χ1n) is 6.53. The lowest BCUT2D eigenvalue weighted by Crippen LogP contribution is -2.21. The zero-order chi connectivity index (χ0) is 15.0. The highest BCUT2D eigenvalue weighted by atomic mass is 35.5. The molecule has 3 rings (SSSR count). The predicted molar refractivity (Wildman–Crippen MR) is 87.0 cm³/mol. The third-order valence-electron chi connectivity index (χ3n) is 3.40. The van der Waals surface area contributed by atoms with Crippen LogP contribution in [0.15, 0.2) is 12.1 Å². The lowest BCUT2D eigenvalue weighted by molar-refractivity contribution is 0.0963. The van der Waals surface area contributed by atoms with E-state index in [0.29, 0.717) is 19.8 Å². The van der Waals surface area contributed by atoms with E-state index in [9.17, 15) is 9.59 Å².